The minimum Gasteiger partial charge on any atom is -0.350 e. The number of aliphatic imine (C=N–C) groups is 2. The molecule has 1 aromatic carbocycles. The minimum absolute atomic E-state index is 0.123. The Kier molecular flexibility index (Phi) is 4.22. The smallest absolute Gasteiger partial charge is 0.254 e. The first kappa shape index (κ1) is 16.8. The van der Waals surface area contributed by atoms with Crippen molar-refractivity contribution >= 4 is 17.6 Å². The molecule has 1 atom stereocenters. The number of nitrogens with zero attached hydrogens (tertiary/aromatic N) is 5. The van der Waals surface area contributed by atoms with E-state index in [0.29, 0.717) is 43.3 Å². The molecule has 0 bridgehead atoms. The Morgan fingerprint density at radius 1 is 1.19 bits per heavy atom. The number of hydrogen-bond donors (Lipinski definition) is 0. The molecule has 3 aliphatic heterocycles. The highest BCUT2D eigenvalue weighted by molar-refractivity contribution is 6.41. The normalized spacial score (nSPS) is 22.3. The molecule has 1 aromatic rings. The second-order valence-corrected chi connectivity index (χ2v) is 6.91. The van der Waals surface area contributed by atoms with Gasteiger partial charge in [0.25, 0.3) is 5.91 Å². The molecular weight excluding hydrogens is 333 g/mol. The van der Waals surface area contributed by atoms with E-state index in [4.69, 9.17) is 0 Å². The predicted molar refractivity (Wildman–Crippen MR) is 98.8 cm³/mol. The highest BCUT2D eigenvalue weighted by Crippen LogP contribution is 2.19. The van der Waals surface area contributed by atoms with E-state index in [1.807, 2.05) is 12.4 Å². The van der Waals surface area contributed by atoms with Gasteiger partial charge >= 0.3 is 0 Å². The van der Waals surface area contributed by atoms with Gasteiger partial charge in [0.2, 0.25) is 0 Å². The number of amidine groups is 2. The lowest BCUT2D eigenvalue weighted by molar-refractivity contribution is 0.0692. The molecule has 0 spiro atoms. The summed E-state index contributed by atoms with van der Waals surface area (Å²) in [6.45, 7) is 7.15. The Bertz CT molecular complexity index is 823. The van der Waals surface area contributed by atoms with Crippen LogP contribution in [0.5, 0.6) is 0 Å². The Hall–Kier alpha value is -2.70. The molecule has 1 saturated heterocycles. The molecule has 0 N–H and O–H groups in total. The van der Waals surface area contributed by atoms with Crippen LogP contribution >= 0.6 is 0 Å². The number of halogens is 1. The lowest BCUT2D eigenvalue weighted by atomic mass is 10.1. The van der Waals surface area contributed by atoms with Crippen LogP contribution < -0.4 is 0 Å². The van der Waals surface area contributed by atoms with E-state index in [1.54, 1.807) is 24.0 Å². The van der Waals surface area contributed by atoms with E-state index in [-0.39, 0.29) is 11.7 Å². The van der Waals surface area contributed by atoms with Crippen LogP contribution in [0, 0.1) is 12.7 Å². The summed E-state index contributed by atoms with van der Waals surface area (Å²) in [5.41, 5.74) is 0.950. The highest BCUT2D eigenvalue weighted by atomic mass is 19.1. The number of aryl methyl sites for hydroxylation is 1. The number of piperazine rings is 1. The largest absolute Gasteiger partial charge is 0.350 e. The highest BCUT2D eigenvalue weighted by Gasteiger charge is 2.33. The Labute approximate surface area is 152 Å². The SMILES string of the molecule is Cc1ccc(C(=O)N2CCN(C3=NC=CN4C3=NC[C@H]4C)CC2)cc1F. The van der Waals surface area contributed by atoms with Gasteiger partial charge in [-0.3, -0.25) is 9.79 Å². The minimum atomic E-state index is -0.341. The van der Waals surface area contributed by atoms with Crippen LogP contribution in [0.4, 0.5) is 4.39 Å². The molecule has 1 amide bonds. The maximum atomic E-state index is 13.7. The van der Waals surface area contributed by atoms with Gasteiger partial charge in [0.15, 0.2) is 11.7 Å². The lowest BCUT2D eigenvalue weighted by Gasteiger charge is -2.38. The number of amides is 1. The van der Waals surface area contributed by atoms with Gasteiger partial charge in [-0.2, -0.15) is 0 Å². The van der Waals surface area contributed by atoms with Crippen molar-refractivity contribution in [2.24, 2.45) is 9.98 Å². The Morgan fingerprint density at radius 2 is 1.96 bits per heavy atom. The monoisotopic (exact) mass is 355 g/mol. The van der Waals surface area contributed by atoms with Crippen LogP contribution in [-0.2, 0) is 0 Å². The molecule has 136 valence electrons. The topological polar surface area (TPSA) is 51.5 Å². The van der Waals surface area contributed by atoms with Crippen LogP contribution in [-0.4, -0.2) is 71.0 Å². The summed E-state index contributed by atoms with van der Waals surface area (Å²) in [6, 6.07) is 5.02. The van der Waals surface area contributed by atoms with Gasteiger partial charge in [-0.1, -0.05) is 6.07 Å². The van der Waals surface area contributed by atoms with Gasteiger partial charge in [0.05, 0.1) is 12.6 Å². The summed E-state index contributed by atoms with van der Waals surface area (Å²) in [5, 5.41) is 0. The van der Waals surface area contributed by atoms with Gasteiger partial charge in [0, 0.05) is 44.1 Å². The molecular formula is C19H22FN5O. The fourth-order valence-electron chi connectivity index (χ4n) is 3.49. The summed E-state index contributed by atoms with van der Waals surface area (Å²) in [7, 11) is 0. The van der Waals surface area contributed by atoms with Crippen molar-refractivity contribution in [3.8, 4) is 0 Å². The molecule has 4 rings (SSSR count). The second kappa shape index (κ2) is 6.55. The summed E-state index contributed by atoms with van der Waals surface area (Å²) in [6.07, 6.45) is 3.77. The zero-order valence-electron chi connectivity index (χ0n) is 15.0. The van der Waals surface area contributed by atoms with Gasteiger partial charge < -0.3 is 14.7 Å². The molecule has 26 heavy (non-hydrogen) atoms. The van der Waals surface area contributed by atoms with Gasteiger partial charge in [0.1, 0.15) is 5.82 Å². The Morgan fingerprint density at radius 3 is 2.69 bits per heavy atom. The average molecular weight is 355 g/mol. The number of rotatable bonds is 1. The van der Waals surface area contributed by atoms with E-state index in [9.17, 15) is 9.18 Å². The summed E-state index contributed by atoms with van der Waals surface area (Å²) >= 11 is 0. The first-order valence-electron chi connectivity index (χ1n) is 8.92. The third-order valence-electron chi connectivity index (χ3n) is 5.13. The zero-order chi connectivity index (χ0) is 18.3. The Balaban J connectivity index is 1.43. The number of hydrogen-bond acceptors (Lipinski definition) is 5. The van der Waals surface area contributed by atoms with E-state index >= 15 is 0 Å². The van der Waals surface area contributed by atoms with Crippen molar-refractivity contribution < 1.29 is 9.18 Å². The summed E-state index contributed by atoms with van der Waals surface area (Å²) in [5.74, 6) is 1.33. The van der Waals surface area contributed by atoms with Crippen LogP contribution in [0.3, 0.4) is 0 Å². The number of carbonyl (C=O) groups is 1. The van der Waals surface area contributed by atoms with Crippen LogP contribution in [0.1, 0.15) is 22.8 Å². The van der Waals surface area contributed by atoms with E-state index in [1.165, 1.54) is 6.07 Å². The lowest BCUT2D eigenvalue weighted by Crippen LogP contribution is -2.54. The number of fused-ring (bicyclic) bond motifs is 1. The van der Waals surface area contributed by atoms with E-state index < -0.39 is 0 Å². The van der Waals surface area contributed by atoms with Gasteiger partial charge in [-0.05, 0) is 31.5 Å². The quantitative estimate of drug-likeness (QED) is 0.773. The van der Waals surface area contributed by atoms with Crippen molar-refractivity contribution in [2.75, 3.05) is 32.7 Å². The van der Waals surface area contributed by atoms with E-state index in [2.05, 4.69) is 26.7 Å². The standard InChI is InChI=1S/C19H22FN5O/c1-13-3-4-15(11-16(13)20)19(26)24-9-7-23(8-10-24)17-18-22-12-14(2)25(18)6-5-21-17/h3-6,11,14H,7-10,12H2,1-2H3/t14-/m1/s1. The molecule has 0 aromatic heterocycles. The van der Waals surface area contributed by atoms with Crippen molar-refractivity contribution in [2.45, 2.75) is 19.9 Å². The van der Waals surface area contributed by atoms with Crippen molar-refractivity contribution in [1.82, 2.24) is 14.7 Å². The van der Waals surface area contributed by atoms with Crippen molar-refractivity contribution in [3.63, 3.8) is 0 Å². The first-order valence-corrected chi connectivity index (χ1v) is 8.92. The van der Waals surface area contributed by atoms with Crippen molar-refractivity contribution in [3.05, 3.63) is 47.5 Å². The predicted octanol–water partition coefficient (Wildman–Crippen LogP) is 1.88. The van der Waals surface area contributed by atoms with Crippen LogP contribution in [0.2, 0.25) is 0 Å². The fraction of sp³-hybridized carbons (Fsp3) is 0.421. The van der Waals surface area contributed by atoms with E-state index in [0.717, 1.165) is 18.2 Å². The number of benzene rings is 1. The van der Waals surface area contributed by atoms with Crippen LogP contribution in [0.25, 0.3) is 0 Å². The molecule has 3 aliphatic rings. The van der Waals surface area contributed by atoms with Crippen LogP contribution in [0.15, 0.2) is 40.6 Å². The zero-order valence-corrected chi connectivity index (χ0v) is 15.0. The molecule has 0 saturated carbocycles. The second-order valence-electron chi connectivity index (χ2n) is 6.91. The molecule has 7 heteroatoms. The molecule has 1 fully saturated rings. The summed E-state index contributed by atoms with van der Waals surface area (Å²) < 4.78 is 13.7. The maximum absolute atomic E-state index is 13.7. The summed E-state index contributed by atoms with van der Waals surface area (Å²) in [4.78, 5) is 27.9. The molecule has 0 aliphatic carbocycles. The van der Waals surface area contributed by atoms with Gasteiger partial charge in [-0.15, -0.1) is 0 Å². The maximum Gasteiger partial charge on any atom is 0.254 e. The molecule has 0 radical (unpaired) electrons. The molecule has 3 heterocycles. The average Bonchev–Trinajstić information content (AvgIpc) is 3.05. The molecule has 0 unspecified atom stereocenters. The third kappa shape index (κ3) is 2.87. The first-order chi connectivity index (χ1) is 12.5. The molecule has 6 nitrogen and oxygen atoms in total. The number of carbonyl (C=O) groups excluding carboxylic acids is 1. The van der Waals surface area contributed by atoms with Gasteiger partial charge in [-0.25, -0.2) is 9.38 Å². The third-order valence-corrected chi connectivity index (χ3v) is 5.13. The van der Waals surface area contributed by atoms with Crippen molar-refractivity contribution in [1.29, 1.82) is 0 Å². The fourth-order valence-corrected chi connectivity index (χ4v) is 3.49.